The Bertz CT molecular complexity index is 1160. The van der Waals surface area contributed by atoms with Gasteiger partial charge >= 0.3 is 0 Å². The largest absolute Gasteiger partial charge is 0.502 e. The SMILES string of the molecule is CNc1ccc(-c2nc(-c3cc(OC)c(O)c(OC)c3)[nH]c2CCc2ccccc2)cc1. The predicted molar refractivity (Wildman–Crippen MR) is 128 cm³/mol. The summed E-state index contributed by atoms with van der Waals surface area (Å²) in [5.41, 5.74) is 6.08. The van der Waals surface area contributed by atoms with Crippen LogP contribution < -0.4 is 14.8 Å². The van der Waals surface area contributed by atoms with Crippen LogP contribution in [0.3, 0.4) is 0 Å². The number of aromatic amines is 1. The van der Waals surface area contributed by atoms with E-state index in [1.54, 1.807) is 12.1 Å². The summed E-state index contributed by atoms with van der Waals surface area (Å²) in [6.45, 7) is 0. The maximum atomic E-state index is 10.3. The fourth-order valence-electron chi connectivity index (χ4n) is 3.70. The number of H-pyrrole nitrogens is 1. The molecule has 1 aromatic heterocycles. The van der Waals surface area contributed by atoms with Crippen molar-refractivity contribution in [3.05, 3.63) is 78.0 Å². The van der Waals surface area contributed by atoms with E-state index >= 15 is 0 Å². The first-order valence-corrected chi connectivity index (χ1v) is 10.5. The van der Waals surface area contributed by atoms with Gasteiger partial charge in [0.15, 0.2) is 11.5 Å². The lowest BCUT2D eigenvalue weighted by Gasteiger charge is -2.10. The Kier molecular flexibility index (Phi) is 6.31. The summed E-state index contributed by atoms with van der Waals surface area (Å²) in [5.74, 6) is 1.33. The van der Waals surface area contributed by atoms with Gasteiger partial charge in [-0.15, -0.1) is 0 Å². The van der Waals surface area contributed by atoms with Gasteiger partial charge in [0.1, 0.15) is 5.82 Å². The number of methoxy groups -OCH3 is 2. The van der Waals surface area contributed by atoms with Crippen LogP contribution in [0.4, 0.5) is 5.69 Å². The van der Waals surface area contributed by atoms with E-state index in [4.69, 9.17) is 14.5 Å². The summed E-state index contributed by atoms with van der Waals surface area (Å²) in [6.07, 6.45) is 1.71. The fraction of sp³-hybridized carbons (Fsp3) is 0.192. The molecule has 0 aliphatic heterocycles. The molecule has 1 heterocycles. The smallest absolute Gasteiger partial charge is 0.200 e. The van der Waals surface area contributed by atoms with Gasteiger partial charge in [-0.3, -0.25) is 0 Å². The number of ether oxygens (including phenoxy) is 2. The molecule has 0 amide bonds. The number of hydrogen-bond acceptors (Lipinski definition) is 5. The number of aromatic hydroxyl groups is 1. The van der Waals surface area contributed by atoms with Crippen molar-refractivity contribution in [1.29, 1.82) is 0 Å². The number of aryl methyl sites for hydroxylation is 2. The van der Waals surface area contributed by atoms with E-state index in [0.717, 1.165) is 41.0 Å². The van der Waals surface area contributed by atoms with E-state index < -0.39 is 0 Å². The van der Waals surface area contributed by atoms with Crippen molar-refractivity contribution in [2.75, 3.05) is 26.6 Å². The number of rotatable bonds is 8. The summed E-state index contributed by atoms with van der Waals surface area (Å²) in [5, 5.41) is 13.4. The molecule has 0 saturated heterocycles. The van der Waals surface area contributed by atoms with Crippen molar-refractivity contribution < 1.29 is 14.6 Å². The molecule has 0 bridgehead atoms. The molecular formula is C26H27N3O3. The molecule has 0 fully saturated rings. The number of nitrogens with one attached hydrogen (secondary N) is 2. The van der Waals surface area contributed by atoms with E-state index in [0.29, 0.717) is 17.3 Å². The first kappa shape index (κ1) is 21.3. The molecule has 6 heteroatoms. The molecule has 6 nitrogen and oxygen atoms in total. The summed E-state index contributed by atoms with van der Waals surface area (Å²) in [7, 11) is 4.93. The Morgan fingerprint density at radius 3 is 2.12 bits per heavy atom. The van der Waals surface area contributed by atoms with Gasteiger partial charge in [0.05, 0.1) is 19.9 Å². The topological polar surface area (TPSA) is 79.4 Å². The highest BCUT2D eigenvalue weighted by molar-refractivity contribution is 5.72. The minimum atomic E-state index is -0.0301. The van der Waals surface area contributed by atoms with Crippen LogP contribution in [-0.2, 0) is 12.8 Å². The molecule has 0 spiro atoms. The van der Waals surface area contributed by atoms with Crippen LogP contribution in [0.2, 0.25) is 0 Å². The van der Waals surface area contributed by atoms with E-state index in [1.165, 1.54) is 19.8 Å². The molecule has 3 aromatic carbocycles. The zero-order chi connectivity index (χ0) is 22.5. The second-order valence-electron chi connectivity index (χ2n) is 7.45. The quantitative estimate of drug-likeness (QED) is 0.354. The molecule has 0 aliphatic carbocycles. The molecule has 3 N–H and O–H groups in total. The molecule has 0 unspecified atom stereocenters. The van der Waals surface area contributed by atoms with Crippen LogP contribution in [0.5, 0.6) is 17.2 Å². The maximum absolute atomic E-state index is 10.3. The Balaban J connectivity index is 1.76. The number of benzene rings is 3. The van der Waals surface area contributed by atoms with Crippen molar-refractivity contribution in [2.24, 2.45) is 0 Å². The van der Waals surface area contributed by atoms with Crippen LogP contribution in [-0.4, -0.2) is 36.3 Å². The van der Waals surface area contributed by atoms with Crippen LogP contribution in [0.1, 0.15) is 11.3 Å². The molecular weight excluding hydrogens is 402 g/mol. The summed E-state index contributed by atoms with van der Waals surface area (Å²) >= 11 is 0. The maximum Gasteiger partial charge on any atom is 0.200 e. The Labute approximate surface area is 187 Å². The molecule has 0 atom stereocenters. The third-order valence-electron chi connectivity index (χ3n) is 5.49. The van der Waals surface area contributed by atoms with Crippen LogP contribution in [0.25, 0.3) is 22.6 Å². The van der Waals surface area contributed by atoms with Gasteiger partial charge in [-0.25, -0.2) is 4.98 Å². The second-order valence-corrected chi connectivity index (χ2v) is 7.45. The van der Waals surface area contributed by atoms with Crippen molar-refractivity contribution in [3.8, 4) is 39.9 Å². The van der Waals surface area contributed by atoms with Crippen molar-refractivity contribution in [2.45, 2.75) is 12.8 Å². The molecule has 0 radical (unpaired) electrons. The van der Waals surface area contributed by atoms with Gasteiger partial charge in [-0.1, -0.05) is 42.5 Å². The van der Waals surface area contributed by atoms with Crippen molar-refractivity contribution >= 4 is 5.69 Å². The number of imidazole rings is 1. The molecule has 164 valence electrons. The molecule has 0 saturated carbocycles. The minimum Gasteiger partial charge on any atom is -0.502 e. The zero-order valence-corrected chi connectivity index (χ0v) is 18.5. The van der Waals surface area contributed by atoms with Crippen molar-refractivity contribution in [3.63, 3.8) is 0 Å². The second kappa shape index (κ2) is 9.47. The third-order valence-corrected chi connectivity index (χ3v) is 5.49. The highest BCUT2D eigenvalue weighted by atomic mass is 16.5. The number of phenolic OH excluding ortho intramolecular Hbond substituents is 1. The van der Waals surface area contributed by atoms with Gasteiger partial charge in [0.25, 0.3) is 0 Å². The lowest BCUT2D eigenvalue weighted by atomic mass is 10.0. The number of anilines is 1. The molecule has 0 aliphatic rings. The Morgan fingerprint density at radius 1 is 0.875 bits per heavy atom. The molecule has 32 heavy (non-hydrogen) atoms. The predicted octanol–water partition coefficient (Wildman–Crippen LogP) is 5.29. The van der Waals surface area contributed by atoms with Crippen LogP contribution >= 0.6 is 0 Å². The van der Waals surface area contributed by atoms with E-state index in [9.17, 15) is 5.11 Å². The highest BCUT2D eigenvalue weighted by Crippen LogP contribution is 2.40. The summed E-state index contributed by atoms with van der Waals surface area (Å²) in [6, 6.07) is 22.1. The molecule has 4 aromatic rings. The zero-order valence-electron chi connectivity index (χ0n) is 18.5. The van der Waals surface area contributed by atoms with Gasteiger partial charge in [-0.05, 0) is 42.7 Å². The molecule has 4 rings (SSSR count). The summed E-state index contributed by atoms with van der Waals surface area (Å²) < 4.78 is 10.6. The van der Waals surface area contributed by atoms with E-state index in [-0.39, 0.29) is 5.75 Å². The van der Waals surface area contributed by atoms with Crippen LogP contribution in [0.15, 0.2) is 66.7 Å². The number of phenols is 1. The lowest BCUT2D eigenvalue weighted by molar-refractivity contribution is 0.340. The third kappa shape index (κ3) is 4.39. The minimum absolute atomic E-state index is 0.0301. The Morgan fingerprint density at radius 2 is 1.53 bits per heavy atom. The lowest BCUT2D eigenvalue weighted by Crippen LogP contribution is -1.95. The first-order valence-electron chi connectivity index (χ1n) is 10.5. The Hall–Kier alpha value is -3.93. The van der Waals surface area contributed by atoms with Gasteiger partial charge < -0.3 is 24.9 Å². The van der Waals surface area contributed by atoms with E-state index in [2.05, 4.69) is 46.7 Å². The van der Waals surface area contributed by atoms with Gasteiger partial charge in [0, 0.05) is 29.6 Å². The standard InChI is InChI=1S/C26H27N3O3/c1-27-20-12-10-18(11-13-20)24-21(14-9-17-7-5-4-6-8-17)28-26(29-24)19-15-22(31-2)25(30)23(16-19)32-3/h4-8,10-13,15-16,27,30H,9,14H2,1-3H3,(H,28,29). The normalized spacial score (nSPS) is 10.7. The number of nitrogens with zero attached hydrogens (tertiary/aromatic N) is 1. The monoisotopic (exact) mass is 429 g/mol. The number of aromatic nitrogens is 2. The fourth-order valence-corrected chi connectivity index (χ4v) is 3.70. The first-order chi connectivity index (χ1) is 15.6. The number of hydrogen-bond donors (Lipinski definition) is 3. The summed E-state index contributed by atoms with van der Waals surface area (Å²) in [4.78, 5) is 8.43. The average Bonchev–Trinajstić information content (AvgIpc) is 3.28. The average molecular weight is 430 g/mol. The van der Waals surface area contributed by atoms with Crippen LogP contribution in [0, 0.1) is 0 Å². The van der Waals surface area contributed by atoms with Crippen molar-refractivity contribution in [1.82, 2.24) is 9.97 Å². The van der Waals surface area contributed by atoms with E-state index in [1.807, 2.05) is 25.2 Å². The van der Waals surface area contributed by atoms with Gasteiger partial charge in [-0.2, -0.15) is 0 Å². The van der Waals surface area contributed by atoms with Gasteiger partial charge in [0.2, 0.25) is 5.75 Å². The highest BCUT2D eigenvalue weighted by Gasteiger charge is 2.18.